The Hall–Kier alpha value is -7.29. The van der Waals surface area contributed by atoms with E-state index >= 15 is 0 Å². The first-order chi connectivity index (χ1) is 28.1. The first kappa shape index (κ1) is 33.1. The van der Waals surface area contributed by atoms with Crippen LogP contribution in [0.4, 0.5) is 0 Å². The number of allylic oxidation sites excluding steroid dienone is 4. The third-order valence-electron chi connectivity index (χ3n) is 10.4. The van der Waals surface area contributed by atoms with Gasteiger partial charge in [-0.3, -0.25) is 0 Å². The molecule has 0 fully saturated rings. The lowest BCUT2D eigenvalue weighted by atomic mass is 10.0. The summed E-state index contributed by atoms with van der Waals surface area (Å²) in [5.74, 6) is 2.35. The molecule has 11 aromatic rings. The molecule has 0 N–H and O–H groups in total. The van der Waals surface area contributed by atoms with Crippen molar-refractivity contribution < 1.29 is 8.83 Å². The number of para-hydroxylation sites is 1. The minimum absolute atomic E-state index is 0.554. The summed E-state index contributed by atoms with van der Waals surface area (Å²) in [6.07, 6.45) is 6.27. The fraction of sp³-hybridized carbons (Fsp3) is 0.0408. The van der Waals surface area contributed by atoms with E-state index in [-0.39, 0.29) is 0 Å². The number of benzene rings is 6. The lowest BCUT2D eigenvalue weighted by Crippen LogP contribution is -2.00. The number of nitrogens with zero attached hydrogens (tertiary/aromatic N) is 5. The van der Waals surface area contributed by atoms with Crippen LogP contribution >= 0.6 is 11.3 Å². The maximum atomic E-state index is 6.50. The van der Waals surface area contributed by atoms with Gasteiger partial charge in [0, 0.05) is 53.9 Å². The van der Waals surface area contributed by atoms with Gasteiger partial charge in [0.1, 0.15) is 22.3 Å². The van der Waals surface area contributed by atoms with Crippen molar-refractivity contribution in [3.05, 3.63) is 157 Å². The third kappa shape index (κ3) is 5.44. The van der Waals surface area contributed by atoms with Crippen molar-refractivity contribution in [3.8, 4) is 45.6 Å². The van der Waals surface area contributed by atoms with Crippen LogP contribution in [0.5, 0.6) is 0 Å². The summed E-state index contributed by atoms with van der Waals surface area (Å²) in [5, 5.41) is 5.03. The minimum atomic E-state index is 0.554. The molecule has 6 aromatic carbocycles. The van der Waals surface area contributed by atoms with Gasteiger partial charge in [0.25, 0.3) is 0 Å². The fourth-order valence-electron chi connectivity index (χ4n) is 7.77. The van der Waals surface area contributed by atoms with Gasteiger partial charge in [-0.2, -0.15) is 0 Å². The van der Waals surface area contributed by atoms with Gasteiger partial charge in [0.15, 0.2) is 23.3 Å². The lowest BCUT2D eigenvalue weighted by Gasteiger charge is -2.09. The fourth-order valence-corrected chi connectivity index (χ4v) is 8.92. The third-order valence-corrected chi connectivity index (χ3v) is 11.6. The molecule has 0 amide bonds. The summed E-state index contributed by atoms with van der Waals surface area (Å²) >= 11 is 1.73. The van der Waals surface area contributed by atoms with Crippen molar-refractivity contribution in [3.63, 3.8) is 0 Å². The number of rotatable bonds is 6. The molecule has 0 saturated heterocycles. The topological polar surface area (TPSA) is 90.7 Å². The number of aromatic nitrogens is 5. The Morgan fingerprint density at radius 1 is 0.509 bits per heavy atom. The predicted molar refractivity (Wildman–Crippen MR) is 233 cm³/mol. The van der Waals surface area contributed by atoms with Crippen molar-refractivity contribution in [1.82, 2.24) is 24.9 Å². The van der Waals surface area contributed by atoms with Gasteiger partial charge < -0.3 is 8.83 Å². The second-order valence-corrected chi connectivity index (χ2v) is 14.9. The van der Waals surface area contributed by atoms with Gasteiger partial charge in [-0.05, 0) is 74.0 Å². The van der Waals surface area contributed by atoms with E-state index < -0.39 is 0 Å². The molecule has 0 aliphatic rings. The molecule has 57 heavy (non-hydrogen) atoms. The second-order valence-electron chi connectivity index (χ2n) is 13.9. The molecule has 8 heteroatoms. The Morgan fingerprint density at radius 3 is 1.91 bits per heavy atom. The Labute approximate surface area is 330 Å². The van der Waals surface area contributed by atoms with Crippen LogP contribution in [0.2, 0.25) is 0 Å². The summed E-state index contributed by atoms with van der Waals surface area (Å²) in [6.45, 7) is 4.08. The highest BCUT2D eigenvalue weighted by molar-refractivity contribution is 7.26. The highest BCUT2D eigenvalue weighted by Crippen LogP contribution is 2.42. The second kappa shape index (κ2) is 13.2. The minimum Gasteiger partial charge on any atom is -0.456 e. The molecule has 0 bridgehead atoms. The van der Waals surface area contributed by atoms with E-state index in [1.165, 1.54) is 4.70 Å². The quantitative estimate of drug-likeness (QED) is 0.156. The average molecular weight is 754 g/mol. The van der Waals surface area contributed by atoms with E-state index in [0.717, 1.165) is 93.0 Å². The van der Waals surface area contributed by atoms with Gasteiger partial charge >= 0.3 is 0 Å². The van der Waals surface area contributed by atoms with Crippen molar-refractivity contribution in [2.45, 2.75) is 13.8 Å². The molecule has 7 nitrogen and oxygen atoms in total. The Kier molecular flexibility index (Phi) is 7.65. The van der Waals surface area contributed by atoms with E-state index in [4.69, 9.17) is 33.8 Å². The van der Waals surface area contributed by atoms with Gasteiger partial charge in [-0.25, -0.2) is 24.9 Å². The molecule has 5 heterocycles. The molecule has 0 saturated carbocycles. The summed E-state index contributed by atoms with van der Waals surface area (Å²) in [7, 11) is 0. The maximum Gasteiger partial charge on any atom is 0.164 e. The van der Waals surface area contributed by atoms with Crippen LogP contribution in [0.1, 0.15) is 19.5 Å². The molecule has 11 rings (SSSR count). The number of hydrogen-bond donors (Lipinski definition) is 0. The van der Waals surface area contributed by atoms with Crippen molar-refractivity contribution >= 4 is 81.1 Å². The zero-order valence-corrected chi connectivity index (χ0v) is 31.7. The highest BCUT2D eigenvalue weighted by Gasteiger charge is 2.21. The van der Waals surface area contributed by atoms with E-state index in [1.54, 1.807) is 11.3 Å². The zero-order valence-electron chi connectivity index (χ0n) is 30.9. The molecule has 0 radical (unpaired) electrons. The number of thiophene rings is 1. The largest absolute Gasteiger partial charge is 0.456 e. The van der Waals surface area contributed by atoms with E-state index in [9.17, 15) is 0 Å². The highest BCUT2D eigenvalue weighted by atomic mass is 32.1. The molecular formula is C49H31N5O2S. The number of fused-ring (bicyclic) bond motifs is 9. The van der Waals surface area contributed by atoms with Crippen molar-refractivity contribution in [1.29, 1.82) is 0 Å². The van der Waals surface area contributed by atoms with Crippen LogP contribution in [0.25, 0.3) is 115 Å². The molecule has 0 atom stereocenters. The maximum absolute atomic E-state index is 6.50. The van der Waals surface area contributed by atoms with E-state index in [1.807, 2.05) is 91.9 Å². The molecule has 270 valence electrons. The molecular weight excluding hydrogens is 723 g/mol. The SMILES string of the molecule is C/C=C\C(=C/C)c1nc(-c2cccc3oc4ccc(-c5nc(-c6ccccc6)nc(-c6ccc7oc8ccccc8c7c6)n5)cc4c23)nc2c1sc1ccccc12. The van der Waals surface area contributed by atoms with Crippen LogP contribution in [0.3, 0.4) is 0 Å². The number of hydrogen-bond acceptors (Lipinski definition) is 8. The first-order valence-electron chi connectivity index (χ1n) is 18.8. The van der Waals surface area contributed by atoms with E-state index in [0.29, 0.717) is 23.3 Å². The Balaban J connectivity index is 1.12. The van der Waals surface area contributed by atoms with Gasteiger partial charge in [-0.1, -0.05) is 97.1 Å². The summed E-state index contributed by atoms with van der Waals surface area (Å²) in [6, 6.07) is 44.8. The van der Waals surface area contributed by atoms with Gasteiger partial charge in [-0.15, -0.1) is 11.3 Å². The molecule has 0 spiro atoms. The summed E-state index contributed by atoms with van der Waals surface area (Å²) in [5.41, 5.74) is 9.56. The summed E-state index contributed by atoms with van der Waals surface area (Å²) < 4.78 is 14.9. The molecule has 0 unspecified atom stereocenters. The normalized spacial score (nSPS) is 12.4. The van der Waals surface area contributed by atoms with Crippen molar-refractivity contribution in [2.75, 3.05) is 0 Å². The van der Waals surface area contributed by atoms with Crippen LogP contribution in [-0.2, 0) is 0 Å². The Morgan fingerprint density at radius 2 is 1.14 bits per heavy atom. The standard InChI is InChI=1S/C49H31N5O2S/c1-3-13-28(4-2)43-45-44(33-17-9-11-21-41(33)57-45)51-49(50-43)34-18-12-20-40-42(34)36-27-31(23-25-39(36)56-40)48-53-46(29-14-6-5-7-15-29)52-47(54-48)30-22-24-38-35(26-30)32-16-8-10-19-37(32)55-38/h3-27H,1-2H3/b13-3-,28-4+. The Bertz CT molecular complexity index is 3450. The summed E-state index contributed by atoms with van der Waals surface area (Å²) in [4.78, 5) is 25.8. The predicted octanol–water partition coefficient (Wildman–Crippen LogP) is 13.5. The van der Waals surface area contributed by atoms with Crippen LogP contribution in [-0.4, -0.2) is 24.9 Å². The van der Waals surface area contributed by atoms with Gasteiger partial charge in [0.2, 0.25) is 0 Å². The smallest absolute Gasteiger partial charge is 0.164 e. The zero-order chi connectivity index (χ0) is 38.0. The van der Waals surface area contributed by atoms with Crippen LogP contribution in [0.15, 0.2) is 161 Å². The van der Waals surface area contributed by atoms with E-state index in [2.05, 4.69) is 73.7 Å². The van der Waals surface area contributed by atoms with Crippen molar-refractivity contribution in [2.24, 2.45) is 0 Å². The van der Waals surface area contributed by atoms with Crippen LogP contribution < -0.4 is 0 Å². The monoisotopic (exact) mass is 753 g/mol. The number of furan rings is 2. The van der Waals surface area contributed by atoms with Crippen LogP contribution in [0, 0.1) is 0 Å². The average Bonchev–Trinajstić information content (AvgIpc) is 3.96. The first-order valence-corrected chi connectivity index (χ1v) is 19.6. The molecule has 0 aliphatic heterocycles. The lowest BCUT2D eigenvalue weighted by molar-refractivity contribution is 0.668. The molecule has 0 aliphatic carbocycles. The van der Waals surface area contributed by atoms with Gasteiger partial charge in [0.05, 0.1) is 15.9 Å². The molecule has 5 aromatic heterocycles.